The summed E-state index contributed by atoms with van der Waals surface area (Å²) in [7, 11) is 0. The van der Waals surface area contributed by atoms with Crippen LogP contribution in [-0.4, -0.2) is 21.5 Å². The van der Waals surface area contributed by atoms with Crippen molar-refractivity contribution in [2.45, 2.75) is 0 Å². The van der Waals surface area contributed by atoms with Gasteiger partial charge in [-0.05, 0) is 18.2 Å². The summed E-state index contributed by atoms with van der Waals surface area (Å²) in [5.74, 6) is -0.991. The standard InChI is InChI=1S/C13H9FN5O/c14-10-3-1-2-8(12(10)20)11-4-9(13(15)19-18-11)7-5-16-17-6-7/h1-6,20H,(H2,15,19). The van der Waals surface area contributed by atoms with Crippen LogP contribution >= 0.6 is 0 Å². The number of nitrogens with zero attached hydrogens (tertiary/aromatic N) is 4. The van der Waals surface area contributed by atoms with E-state index in [2.05, 4.69) is 20.7 Å². The number of benzene rings is 1. The average Bonchev–Trinajstić information content (AvgIpc) is 2.97. The number of phenolic OH excluding ortho intramolecular Hbond substituents is 1. The minimum atomic E-state index is -0.723. The summed E-state index contributed by atoms with van der Waals surface area (Å²) in [4.78, 5) is 0. The van der Waals surface area contributed by atoms with Gasteiger partial charge in [0.15, 0.2) is 17.4 Å². The molecule has 0 fully saturated rings. The van der Waals surface area contributed by atoms with E-state index < -0.39 is 11.6 Å². The van der Waals surface area contributed by atoms with Crippen molar-refractivity contribution in [3.05, 3.63) is 41.8 Å². The Morgan fingerprint density at radius 2 is 2.00 bits per heavy atom. The molecule has 0 spiro atoms. The molecule has 3 N–H and O–H groups in total. The molecular formula is C13H9FN5O. The molecule has 1 aliphatic heterocycles. The molecule has 0 saturated carbocycles. The summed E-state index contributed by atoms with van der Waals surface area (Å²) in [6.07, 6.45) is 3.06. The maximum absolute atomic E-state index is 13.4. The summed E-state index contributed by atoms with van der Waals surface area (Å²) < 4.78 is 13.4. The lowest BCUT2D eigenvalue weighted by molar-refractivity contribution is 0.434. The van der Waals surface area contributed by atoms with Gasteiger partial charge in [-0.1, -0.05) is 6.07 Å². The number of nitrogens with two attached hydrogens (primary N) is 1. The molecule has 0 bridgehead atoms. The fourth-order valence-electron chi connectivity index (χ4n) is 1.85. The topological polar surface area (TPSA) is 98.5 Å². The van der Waals surface area contributed by atoms with Crippen molar-refractivity contribution in [2.24, 2.45) is 5.10 Å². The fourth-order valence-corrected chi connectivity index (χ4v) is 1.85. The van der Waals surface area contributed by atoms with E-state index in [0.717, 1.165) is 6.07 Å². The lowest BCUT2D eigenvalue weighted by atomic mass is 10.0. The molecule has 0 aliphatic carbocycles. The second-order valence-electron chi connectivity index (χ2n) is 4.11. The zero-order chi connectivity index (χ0) is 14.1. The molecule has 7 heteroatoms. The molecule has 0 saturated heterocycles. The van der Waals surface area contributed by atoms with Crippen LogP contribution in [0.15, 0.2) is 35.6 Å². The second-order valence-corrected chi connectivity index (χ2v) is 4.11. The van der Waals surface area contributed by atoms with E-state index >= 15 is 0 Å². The molecule has 1 aromatic heterocycles. The number of para-hydroxylation sites is 1. The van der Waals surface area contributed by atoms with Crippen LogP contribution in [-0.2, 0) is 0 Å². The maximum atomic E-state index is 13.4. The van der Waals surface area contributed by atoms with E-state index in [4.69, 9.17) is 5.73 Å². The van der Waals surface area contributed by atoms with Gasteiger partial charge >= 0.3 is 0 Å². The van der Waals surface area contributed by atoms with E-state index in [1.54, 1.807) is 12.1 Å². The highest BCUT2D eigenvalue weighted by molar-refractivity contribution is 6.12. The van der Waals surface area contributed by atoms with Gasteiger partial charge in [-0.15, -0.1) is 10.2 Å². The average molecular weight is 270 g/mol. The van der Waals surface area contributed by atoms with Crippen LogP contribution in [0.4, 0.5) is 10.2 Å². The van der Waals surface area contributed by atoms with Gasteiger partial charge in [0.2, 0.25) is 0 Å². The van der Waals surface area contributed by atoms with E-state index in [1.807, 2.05) is 0 Å². The number of phenols is 1. The van der Waals surface area contributed by atoms with Gasteiger partial charge in [-0.2, -0.15) is 10.5 Å². The van der Waals surface area contributed by atoms with Crippen molar-refractivity contribution in [1.82, 2.24) is 15.6 Å². The third-order valence-corrected chi connectivity index (χ3v) is 2.86. The van der Waals surface area contributed by atoms with Crippen molar-refractivity contribution >= 4 is 17.6 Å². The summed E-state index contributed by atoms with van der Waals surface area (Å²) in [6, 6.07) is 5.79. The highest BCUT2D eigenvalue weighted by Gasteiger charge is 2.15. The Morgan fingerprint density at radius 1 is 1.15 bits per heavy atom. The molecule has 2 aromatic rings. The van der Waals surface area contributed by atoms with Gasteiger partial charge in [0.05, 0.1) is 18.1 Å². The summed E-state index contributed by atoms with van der Waals surface area (Å²) >= 11 is 0. The number of allylic oxidation sites excluding steroid dienone is 1. The molecule has 99 valence electrons. The van der Waals surface area contributed by atoms with Crippen LogP contribution in [0.5, 0.6) is 5.75 Å². The minimum Gasteiger partial charge on any atom is -0.504 e. The summed E-state index contributed by atoms with van der Waals surface area (Å²) in [5, 5.41) is 21.2. The van der Waals surface area contributed by atoms with Gasteiger partial charge in [0.25, 0.3) is 0 Å². The molecule has 1 aromatic carbocycles. The number of aromatic nitrogens is 2. The van der Waals surface area contributed by atoms with Crippen LogP contribution in [0.1, 0.15) is 5.56 Å². The smallest absolute Gasteiger partial charge is 0.165 e. The molecule has 3 rings (SSSR count). The molecule has 0 unspecified atom stereocenters. The van der Waals surface area contributed by atoms with E-state index in [0.29, 0.717) is 16.8 Å². The molecule has 2 heterocycles. The van der Waals surface area contributed by atoms with Gasteiger partial charge < -0.3 is 10.8 Å². The SMILES string of the molecule is Nc1nnc(-c2cccc(F)c2O)cc1C1=C[N]N=C1. The Labute approximate surface area is 113 Å². The highest BCUT2D eigenvalue weighted by Crippen LogP contribution is 2.32. The zero-order valence-electron chi connectivity index (χ0n) is 10.2. The van der Waals surface area contributed by atoms with Crippen LogP contribution in [0.2, 0.25) is 0 Å². The van der Waals surface area contributed by atoms with Crippen LogP contribution < -0.4 is 11.2 Å². The van der Waals surface area contributed by atoms with Crippen LogP contribution in [0.25, 0.3) is 16.8 Å². The van der Waals surface area contributed by atoms with Crippen molar-refractivity contribution in [3.63, 3.8) is 0 Å². The van der Waals surface area contributed by atoms with Gasteiger partial charge in [-0.25, -0.2) is 4.39 Å². The lowest BCUT2D eigenvalue weighted by Crippen LogP contribution is -2.01. The first-order chi connectivity index (χ1) is 9.66. The number of hydrogen-bond acceptors (Lipinski definition) is 5. The first-order valence-corrected chi connectivity index (χ1v) is 5.71. The number of anilines is 1. The molecular weight excluding hydrogens is 261 g/mol. The maximum Gasteiger partial charge on any atom is 0.165 e. The largest absolute Gasteiger partial charge is 0.504 e. The van der Waals surface area contributed by atoms with Crippen LogP contribution in [0, 0.1) is 5.82 Å². The Hall–Kier alpha value is -2.96. The molecule has 6 nitrogen and oxygen atoms in total. The third kappa shape index (κ3) is 1.95. The van der Waals surface area contributed by atoms with E-state index in [-0.39, 0.29) is 11.4 Å². The summed E-state index contributed by atoms with van der Waals surface area (Å²) in [6.45, 7) is 0. The number of aromatic hydroxyl groups is 1. The van der Waals surface area contributed by atoms with Crippen molar-refractivity contribution in [2.75, 3.05) is 5.73 Å². The van der Waals surface area contributed by atoms with E-state index in [1.165, 1.54) is 18.5 Å². The molecule has 20 heavy (non-hydrogen) atoms. The third-order valence-electron chi connectivity index (χ3n) is 2.86. The molecule has 0 amide bonds. The number of halogens is 1. The molecule has 0 atom stereocenters. The van der Waals surface area contributed by atoms with Gasteiger partial charge in [0, 0.05) is 16.7 Å². The second kappa shape index (κ2) is 4.61. The fraction of sp³-hybridized carbons (Fsp3) is 0. The number of nitrogen functional groups attached to an aromatic ring is 1. The Balaban J connectivity index is 2.14. The van der Waals surface area contributed by atoms with Crippen molar-refractivity contribution in [1.29, 1.82) is 0 Å². The van der Waals surface area contributed by atoms with E-state index in [9.17, 15) is 9.50 Å². The Morgan fingerprint density at radius 3 is 2.75 bits per heavy atom. The van der Waals surface area contributed by atoms with Crippen molar-refractivity contribution in [3.8, 4) is 17.0 Å². The quantitative estimate of drug-likeness (QED) is 0.864. The minimum absolute atomic E-state index is 0.208. The molecule has 1 aliphatic rings. The zero-order valence-corrected chi connectivity index (χ0v) is 10.2. The Bertz CT molecular complexity index is 742. The monoisotopic (exact) mass is 270 g/mol. The Kier molecular flexibility index (Phi) is 2.79. The molecule has 1 radical (unpaired) electrons. The first-order valence-electron chi connectivity index (χ1n) is 5.71. The lowest BCUT2D eigenvalue weighted by Gasteiger charge is -2.07. The predicted octanol–water partition coefficient (Wildman–Crippen LogP) is 1.52. The summed E-state index contributed by atoms with van der Waals surface area (Å²) in [5.41, 5.74) is 11.3. The number of rotatable bonds is 2. The predicted molar refractivity (Wildman–Crippen MR) is 72.1 cm³/mol. The van der Waals surface area contributed by atoms with Crippen LogP contribution in [0.3, 0.4) is 0 Å². The highest BCUT2D eigenvalue weighted by atomic mass is 19.1. The van der Waals surface area contributed by atoms with Crippen molar-refractivity contribution < 1.29 is 9.50 Å². The van der Waals surface area contributed by atoms with Gasteiger partial charge in [0.1, 0.15) is 0 Å². The van der Waals surface area contributed by atoms with Gasteiger partial charge in [-0.3, -0.25) is 0 Å². The normalized spacial score (nSPS) is 13.2. The number of hydrogen-bond donors (Lipinski definition) is 2. The first kappa shape index (κ1) is 12.1.